The maximum absolute atomic E-state index is 11.9. The van der Waals surface area contributed by atoms with Crippen LogP contribution < -0.4 is 4.74 Å². The first-order chi connectivity index (χ1) is 8.44. The van der Waals surface area contributed by atoms with Crippen molar-refractivity contribution in [1.29, 1.82) is 10.5 Å². The summed E-state index contributed by atoms with van der Waals surface area (Å²) in [5.41, 5.74) is 0.750. The quantitative estimate of drug-likeness (QED) is 0.829. The second kappa shape index (κ2) is 5.92. The van der Waals surface area contributed by atoms with Crippen molar-refractivity contribution >= 4 is 0 Å². The van der Waals surface area contributed by atoms with Crippen LogP contribution in [0, 0.1) is 28.6 Å². The van der Waals surface area contributed by atoms with E-state index in [0.29, 0.717) is 12.8 Å². The molecule has 3 nitrogen and oxygen atoms in total. The summed E-state index contributed by atoms with van der Waals surface area (Å²) in [6.45, 7) is 0. The molecule has 0 radical (unpaired) electrons. The van der Waals surface area contributed by atoms with E-state index in [0.717, 1.165) is 5.56 Å². The molecule has 6 heteroatoms. The molecule has 0 bridgehead atoms. The van der Waals surface area contributed by atoms with E-state index < -0.39 is 12.3 Å². The van der Waals surface area contributed by atoms with Crippen molar-refractivity contribution in [3.05, 3.63) is 29.8 Å². The van der Waals surface area contributed by atoms with Crippen LogP contribution in [0.5, 0.6) is 5.75 Å². The first-order valence-electron chi connectivity index (χ1n) is 5.08. The van der Waals surface area contributed by atoms with Crippen molar-refractivity contribution in [2.75, 3.05) is 0 Å². The Labute approximate surface area is 102 Å². The molecule has 0 unspecified atom stereocenters. The SMILES string of the molecule is N#CC(C#N)CCc1ccc(OC(F)(F)F)cc1. The molecule has 0 spiro atoms. The molecule has 1 rings (SSSR count). The summed E-state index contributed by atoms with van der Waals surface area (Å²) in [5, 5.41) is 17.1. The maximum atomic E-state index is 11.9. The number of aryl methyl sites for hydroxylation is 1. The van der Waals surface area contributed by atoms with Crippen molar-refractivity contribution in [2.45, 2.75) is 19.2 Å². The van der Waals surface area contributed by atoms with Crippen LogP contribution in [0.25, 0.3) is 0 Å². The number of hydrogen-bond donors (Lipinski definition) is 0. The Morgan fingerprint density at radius 2 is 1.67 bits per heavy atom. The largest absolute Gasteiger partial charge is 0.573 e. The van der Waals surface area contributed by atoms with E-state index in [1.54, 1.807) is 0 Å². The summed E-state index contributed by atoms with van der Waals surface area (Å²) in [4.78, 5) is 0. The lowest BCUT2D eigenvalue weighted by atomic mass is 10.0. The van der Waals surface area contributed by atoms with Crippen LogP contribution in [0.4, 0.5) is 13.2 Å². The molecule has 0 heterocycles. The van der Waals surface area contributed by atoms with Crippen LogP contribution in [-0.4, -0.2) is 6.36 Å². The molecule has 0 aliphatic rings. The monoisotopic (exact) mass is 254 g/mol. The second-order valence-electron chi connectivity index (χ2n) is 3.54. The van der Waals surface area contributed by atoms with E-state index in [1.165, 1.54) is 24.3 Å². The van der Waals surface area contributed by atoms with Gasteiger partial charge >= 0.3 is 6.36 Å². The van der Waals surface area contributed by atoms with Gasteiger partial charge in [-0.25, -0.2) is 0 Å². The van der Waals surface area contributed by atoms with Crippen LogP contribution in [-0.2, 0) is 6.42 Å². The summed E-state index contributed by atoms with van der Waals surface area (Å²) in [5.74, 6) is -0.987. The van der Waals surface area contributed by atoms with E-state index in [2.05, 4.69) is 4.74 Å². The van der Waals surface area contributed by atoms with Crippen molar-refractivity contribution in [1.82, 2.24) is 0 Å². The molecule has 0 saturated heterocycles. The van der Waals surface area contributed by atoms with Gasteiger partial charge in [0.05, 0.1) is 12.1 Å². The summed E-state index contributed by atoms with van der Waals surface area (Å²) in [6, 6.07) is 9.03. The van der Waals surface area contributed by atoms with Crippen molar-refractivity contribution < 1.29 is 17.9 Å². The molecular formula is C12H9F3N2O. The maximum Gasteiger partial charge on any atom is 0.573 e. The smallest absolute Gasteiger partial charge is 0.406 e. The van der Waals surface area contributed by atoms with Crippen molar-refractivity contribution in [3.63, 3.8) is 0 Å². The van der Waals surface area contributed by atoms with E-state index >= 15 is 0 Å². The van der Waals surface area contributed by atoms with E-state index in [-0.39, 0.29) is 5.75 Å². The summed E-state index contributed by atoms with van der Waals surface area (Å²) >= 11 is 0. The zero-order valence-corrected chi connectivity index (χ0v) is 9.24. The third-order valence-electron chi connectivity index (χ3n) is 2.19. The summed E-state index contributed by atoms with van der Waals surface area (Å²) < 4.78 is 39.4. The number of benzene rings is 1. The highest BCUT2D eigenvalue weighted by Gasteiger charge is 2.30. The number of ether oxygens (including phenoxy) is 1. The average molecular weight is 254 g/mol. The molecular weight excluding hydrogens is 245 g/mol. The number of rotatable bonds is 4. The van der Waals surface area contributed by atoms with Gasteiger partial charge in [-0.3, -0.25) is 0 Å². The molecule has 0 aromatic heterocycles. The lowest BCUT2D eigenvalue weighted by Gasteiger charge is -2.09. The van der Waals surface area contributed by atoms with Crippen LogP contribution in [0.2, 0.25) is 0 Å². The minimum atomic E-state index is -4.70. The predicted molar refractivity (Wildman–Crippen MR) is 56.2 cm³/mol. The number of alkyl halides is 3. The van der Waals surface area contributed by atoms with E-state index in [1.807, 2.05) is 12.1 Å². The van der Waals surface area contributed by atoms with Gasteiger partial charge in [-0.2, -0.15) is 10.5 Å². The molecule has 0 amide bonds. The van der Waals surface area contributed by atoms with E-state index in [9.17, 15) is 13.2 Å². The Bertz CT molecular complexity index is 454. The topological polar surface area (TPSA) is 56.8 Å². The predicted octanol–water partition coefficient (Wildman–Crippen LogP) is 3.18. The van der Waals surface area contributed by atoms with Crippen LogP contribution in [0.15, 0.2) is 24.3 Å². The van der Waals surface area contributed by atoms with E-state index in [4.69, 9.17) is 10.5 Å². The number of nitriles is 2. The van der Waals surface area contributed by atoms with Gasteiger partial charge in [0, 0.05) is 0 Å². The zero-order valence-electron chi connectivity index (χ0n) is 9.24. The van der Waals surface area contributed by atoms with Crippen LogP contribution in [0.1, 0.15) is 12.0 Å². The summed E-state index contributed by atoms with van der Waals surface area (Å²) in [7, 11) is 0. The standard InChI is InChI=1S/C12H9F3N2O/c13-12(14,15)18-11-5-3-9(4-6-11)1-2-10(7-16)8-17/h3-6,10H,1-2H2. The Balaban J connectivity index is 2.57. The molecule has 1 aromatic carbocycles. The van der Waals surface area contributed by atoms with Gasteiger partial charge in [0.2, 0.25) is 0 Å². The molecule has 0 N–H and O–H groups in total. The zero-order chi connectivity index (χ0) is 13.6. The van der Waals surface area contributed by atoms with Crippen LogP contribution in [0.3, 0.4) is 0 Å². The van der Waals surface area contributed by atoms with Gasteiger partial charge in [0.15, 0.2) is 0 Å². The molecule has 94 valence electrons. The molecule has 0 fully saturated rings. The number of nitrogens with zero attached hydrogens (tertiary/aromatic N) is 2. The first kappa shape index (κ1) is 13.9. The van der Waals surface area contributed by atoms with Crippen molar-refractivity contribution in [2.24, 2.45) is 5.92 Å². The van der Waals surface area contributed by atoms with Gasteiger partial charge in [0.1, 0.15) is 11.7 Å². The molecule has 0 aliphatic carbocycles. The highest BCUT2D eigenvalue weighted by Crippen LogP contribution is 2.23. The highest BCUT2D eigenvalue weighted by atomic mass is 19.4. The highest BCUT2D eigenvalue weighted by molar-refractivity contribution is 5.27. The second-order valence-corrected chi connectivity index (χ2v) is 3.54. The molecule has 18 heavy (non-hydrogen) atoms. The Hall–Kier alpha value is -2.21. The fourth-order valence-corrected chi connectivity index (χ4v) is 1.33. The number of hydrogen-bond acceptors (Lipinski definition) is 3. The Morgan fingerprint density at radius 1 is 1.11 bits per heavy atom. The van der Waals surface area contributed by atoms with Crippen molar-refractivity contribution in [3.8, 4) is 17.9 Å². The Morgan fingerprint density at radius 3 is 2.11 bits per heavy atom. The Kier molecular flexibility index (Phi) is 4.56. The molecule has 0 aliphatic heterocycles. The first-order valence-corrected chi connectivity index (χ1v) is 5.08. The van der Waals surface area contributed by atoms with Gasteiger partial charge < -0.3 is 4.74 Å². The molecule has 1 aromatic rings. The third kappa shape index (κ3) is 4.75. The molecule has 0 atom stereocenters. The number of halogens is 3. The van der Waals surface area contributed by atoms with Crippen LogP contribution >= 0.6 is 0 Å². The average Bonchev–Trinajstić information content (AvgIpc) is 2.30. The fourth-order valence-electron chi connectivity index (χ4n) is 1.33. The fraction of sp³-hybridized carbons (Fsp3) is 0.333. The minimum absolute atomic E-state index is 0.289. The molecule has 0 saturated carbocycles. The third-order valence-corrected chi connectivity index (χ3v) is 2.19. The lowest BCUT2D eigenvalue weighted by molar-refractivity contribution is -0.274. The van der Waals surface area contributed by atoms with Gasteiger partial charge in [-0.15, -0.1) is 13.2 Å². The van der Waals surface area contributed by atoms with Gasteiger partial charge in [-0.1, -0.05) is 12.1 Å². The summed E-state index contributed by atoms with van der Waals surface area (Å²) in [6.07, 6.45) is -3.89. The van der Waals surface area contributed by atoms with Gasteiger partial charge in [-0.05, 0) is 30.5 Å². The normalized spacial score (nSPS) is 10.8. The lowest BCUT2D eigenvalue weighted by Crippen LogP contribution is -2.17. The van der Waals surface area contributed by atoms with Gasteiger partial charge in [0.25, 0.3) is 0 Å². The minimum Gasteiger partial charge on any atom is -0.406 e.